The molecule has 3 aromatic carbocycles. The zero-order chi connectivity index (χ0) is 22.9. The van der Waals surface area contributed by atoms with Crippen molar-refractivity contribution < 1.29 is 14.3 Å². The predicted molar refractivity (Wildman–Crippen MR) is 130 cm³/mol. The number of halogens is 1. The molecule has 6 heteroatoms. The number of anilines is 1. The fraction of sp³-hybridized carbons (Fsp3) is 0.269. The van der Waals surface area contributed by atoms with Gasteiger partial charge in [0.2, 0.25) is 0 Å². The molecule has 0 bridgehead atoms. The van der Waals surface area contributed by atoms with Gasteiger partial charge in [-0.05, 0) is 47.4 Å². The lowest BCUT2D eigenvalue weighted by Crippen LogP contribution is -2.27. The third-order valence-corrected chi connectivity index (χ3v) is 5.09. The fourth-order valence-electron chi connectivity index (χ4n) is 3.12. The summed E-state index contributed by atoms with van der Waals surface area (Å²) in [7, 11) is 1.59. The lowest BCUT2D eigenvalue weighted by atomic mass is 10.1. The van der Waals surface area contributed by atoms with Gasteiger partial charge in [-0.15, -0.1) is 0 Å². The summed E-state index contributed by atoms with van der Waals surface area (Å²) in [6, 6.07) is 21.1. The van der Waals surface area contributed by atoms with Gasteiger partial charge in [-0.3, -0.25) is 4.79 Å². The predicted octanol–water partition coefficient (Wildman–Crippen LogP) is 5.93. The fourth-order valence-corrected chi connectivity index (χ4v) is 3.41. The standard InChI is InChI=1S/C26H29ClN2O3/c1-18(2)15-29-26(30)21-10-7-11-22(14-21)28-16-20-12-23(27)25(24(13-20)31-3)32-17-19-8-5-4-6-9-19/h4-14,18,28H,15-17H2,1-3H3,(H,29,30). The van der Waals surface area contributed by atoms with Crippen molar-refractivity contribution in [1.29, 1.82) is 0 Å². The van der Waals surface area contributed by atoms with Crippen molar-refractivity contribution in [3.8, 4) is 11.5 Å². The summed E-state index contributed by atoms with van der Waals surface area (Å²) < 4.78 is 11.4. The maximum atomic E-state index is 12.3. The van der Waals surface area contributed by atoms with Crippen LogP contribution in [0.15, 0.2) is 66.7 Å². The van der Waals surface area contributed by atoms with E-state index < -0.39 is 0 Å². The molecule has 0 atom stereocenters. The monoisotopic (exact) mass is 452 g/mol. The Morgan fingerprint density at radius 1 is 1.00 bits per heavy atom. The Bertz CT molecular complexity index is 1040. The van der Waals surface area contributed by atoms with Crippen molar-refractivity contribution in [2.45, 2.75) is 27.0 Å². The summed E-state index contributed by atoms with van der Waals surface area (Å²) in [6.07, 6.45) is 0. The molecule has 32 heavy (non-hydrogen) atoms. The van der Waals surface area contributed by atoms with E-state index in [1.807, 2.05) is 60.7 Å². The molecule has 0 unspecified atom stereocenters. The summed E-state index contributed by atoms with van der Waals surface area (Å²) in [5, 5.41) is 6.76. The quantitative estimate of drug-likeness (QED) is 0.400. The first kappa shape index (κ1) is 23.5. The van der Waals surface area contributed by atoms with Crippen molar-refractivity contribution in [3.63, 3.8) is 0 Å². The van der Waals surface area contributed by atoms with Crippen LogP contribution in [-0.2, 0) is 13.2 Å². The van der Waals surface area contributed by atoms with E-state index in [1.165, 1.54) is 0 Å². The lowest BCUT2D eigenvalue weighted by Gasteiger charge is -2.15. The molecule has 3 rings (SSSR count). The highest BCUT2D eigenvalue weighted by atomic mass is 35.5. The van der Waals surface area contributed by atoms with Crippen LogP contribution in [0.3, 0.4) is 0 Å². The maximum absolute atomic E-state index is 12.3. The highest BCUT2D eigenvalue weighted by Gasteiger charge is 2.13. The smallest absolute Gasteiger partial charge is 0.251 e. The molecule has 168 valence electrons. The molecule has 0 aliphatic heterocycles. The molecule has 0 aliphatic carbocycles. The van der Waals surface area contributed by atoms with Gasteiger partial charge in [-0.2, -0.15) is 0 Å². The number of amides is 1. The molecule has 2 N–H and O–H groups in total. The summed E-state index contributed by atoms with van der Waals surface area (Å²) in [4.78, 5) is 12.3. The van der Waals surface area contributed by atoms with Crippen LogP contribution in [0.25, 0.3) is 0 Å². The van der Waals surface area contributed by atoms with Crippen LogP contribution >= 0.6 is 11.6 Å². The molecule has 0 saturated carbocycles. The molecular weight excluding hydrogens is 424 g/mol. The number of carbonyl (C=O) groups is 1. The molecule has 3 aromatic rings. The summed E-state index contributed by atoms with van der Waals surface area (Å²) in [5.74, 6) is 1.42. The Hall–Kier alpha value is -3.18. The molecule has 0 fully saturated rings. The van der Waals surface area contributed by atoms with Crippen molar-refractivity contribution in [3.05, 3.63) is 88.4 Å². The average Bonchev–Trinajstić information content (AvgIpc) is 2.81. The van der Waals surface area contributed by atoms with E-state index in [9.17, 15) is 4.79 Å². The highest BCUT2D eigenvalue weighted by Crippen LogP contribution is 2.37. The first-order valence-electron chi connectivity index (χ1n) is 10.6. The summed E-state index contributed by atoms with van der Waals surface area (Å²) in [6.45, 7) is 5.70. The molecule has 0 spiro atoms. The van der Waals surface area contributed by atoms with Crippen LogP contribution in [0.1, 0.15) is 35.3 Å². The third-order valence-electron chi connectivity index (χ3n) is 4.81. The second-order valence-corrected chi connectivity index (χ2v) is 8.33. The number of rotatable bonds is 10. The van der Waals surface area contributed by atoms with Gasteiger partial charge < -0.3 is 20.1 Å². The average molecular weight is 453 g/mol. The largest absolute Gasteiger partial charge is 0.493 e. The van der Waals surface area contributed by atoms with E-state index in [2.05, 4.69) is 24.5 Å². The minimum Gasteiger partial charge on any atom is -0.493 e. The van der Waals surface area contributed by atoms with Crippen LogP contribution in [0.2, 0.25) is 5.02 Å². The van der Waals surface area contributed by atoms with Gasteiger partial charge in [0.1, 0.15) is 6.61 Å². The first-order chi connectivity index (χ1) is 15.5. The molecule has 0 aliphatic rings. The Balaban J connectivity index is 1.66. The number of methoxy groups -OCH3 is 1. The number of benzene rings is 3. The van der Waals surface area contributed by atoms with Crippen LogP contribution in [-0.4, -0.2) is 19.6 Å². The molecule has 0 heterocycles. The van der Waals surface area contributed by atoms with E-state index in [0.717, 1.165) is 16.8 Å². The molecule has 1 amide bonds. The van der Waals surface area contributed by atoms with Crippen LogP contribution in [0.4, 0.5) is 5.69 Å². The van der Waals surface area contributed by atoms with Crippen LogP contribution in [0.5, 0.6) is 11.5 Å². The van der Waals surface area contributed by atoms with Gasteiger partial charge in [0.25, 0.3) is 5.91 Å². The molecule has 0 radical (unpaired) electrons. The van der Waals surface area contributed by atoms with Gasteiger partial charge in [-0.25, -0.2) is 0 Å². The first-order valence-corrected chi connectivity index (χ1v) is 11.0. The van der Waals surface area contributed by atoms with E-state index in [0.29, 0.717) is 47.7 Å². The maximum Gasteiger partial charge on any atom is 0.251 e. The van der Waals surface area contributed by atoms with Crippen molar-refractivity contribution in [1.82, 2.24) is 5.32 Å². The number of carbonyl (C=O) groups excluding carboxylic acids is 1. The van der Waals surface area contributed by atoms with Crippen LogP contribution in [0, 0.1) is 5.92 Å². The number of hydrogen-bond acceptors (Lipinski definition) is 4. The highest BCUT2D eigenvalue weighted by molar-refractivity contribution is 6.32. The normalized spacial score (nSPS) is 10.7. The topological polar surface area (TPSA) is 59.6 Å². The number of ether oxygens (including phenoxy) is 2. The van der Waals surface area contributed by atoms with Gasteiger partial charge in [0.05, 0.1) is 12.1 Å². The second-order valence-electron chi connectivity index (χ2n) is 7.92. The van der Waals surface area contributed by atoms with Crippen LogP contribution < -0.4 is 20.1 Å². The molecule has 0 saturated heterocycles. The lowest BCUT2D eigenvalue weighted by molar-refractivity contribution is 0.0949. The minimum atomic E-state index is -0.0769. The van der Waals surface area contributed by atoms with Crippen molar-refractivity contribution in [2.24, 2.45) is 5.92 Å². The van der Waals surface area contributed by atoms with E-state index >= 15 is 0 Å². The molecular formula is C26H29ClN2O3. The number of nitrogens with one attached hydrogen (secondary N) is 2. The van der Waals surface area contributed by atoms with Gasteiger partial charge in [0, 0.05) is 24.3 Å². The Morgan fingerprint density at radius 2 is 1.78 bits per heavy atom. The number of hydrogen-bond donors (Lipinski definition) is 2. The Morgan fingerprint density at radius 3 is 2.50 bits per heavy atom. The summed E-state index contributed by atoms with van der Waals surface area (Å²) in [5.41, 5.74) is 3.46. The van der Waals surface area contributed by atoms with E-state index in [1.54, 1.807) is 13.2 Å². The molecule has 5 nitrogen and oxygen atoms in total. The van der Waals surface area contributed by atoms with E-state index in [-0.39, 0.29) is 5.91 Å². The third kappa shape index (κ3) is 6.66. The van der Waals surface area contributed by atoms with Gasteiger partial charge in [0.15, 0.2) is 11.5 Å². The van der Waals surface area contributed by atoms with Gasteiger partial charge in [-0.1, -0.05) is 61.8 Å². The second kappa shape index (κ2) is 11.4. The van der Waals surface area contributed by atoms with E-state index in [4.69, 9.17) is 21.1 Å². The molecule has 0 aromatic heterocycles. The summed E-state index contributed by atoms with van der Waals surface area (Å²) >= 11 is 6.50. The zero-order valence-corrected chi connectivity index (χ0v) is 19.4. The van der Waals surface area contributed by atoms with Crippen molar-refractivity contribution >= 4 is 23.2 Å². The minimum absolute atomic E-state index is 0.0769. The van der Waals surface area contributed by atoms with Gasteiger partial charge >= 0.3 is 0 Å². The Kier molecular flexibility index (Phi) is 8.40. The zero-order valence-electron chi connectivity index (χ0n) is 18.7. The SMILES string of the molecule is COc1cc(CNc2cccc(C(=O)NCC(C)C)c2)cc(Cl)c1OCc1ccccc1. The van der Waals surface area contributed by atoms with Crippen molar-refractivity contribution in [2.75, 3.05) is 19.0 Å². The Labute approximate surface area is 194 Å².